The molecule has 0 saturated heterocycles. The van der Waals surface area contributed by atoms with E-state index in [0.29, 0.717) is 17.1 Å². The predicted molar refractivity (Wildman–Crippen MR) is 85.5 cm³/mol. The van der Waals surface area contributed by atoms with Gasteiger partial charge in [0.1, 0.15) is 10.7 Å². The van der Waals surface area contributed by atoms with Gasteiger partial charge in [0.2, 0.25) is 0 Å². The van der Waals surface area contributed by atoms with Crippen LogP contribution in [-0.2, 0) is 6.42 Å². The van der Waals surface area contributed by atoms with Crippen molar-refractivity contribution in [1.29, 1.82) is 0 Å². The molecule has 21 heavy (non-hydrogen) atoms. The Labute approximate surface area is 131 Å². The summed E-state index contributed by atoms with van der Waals surface area (Å²) in [5.41, 5.74) is 2.42. The number of aliphatic hydroxyl groups excluding tert-OH is 1. The molecule has 0 saturated carbocycles. The molecule has 0 amide bonds. The van der Waals surface area contributed by atoms with Gasteiger partial charge in [-0.3, -0.25) is 4.98 Å². The highest BCUT2D eigenvalue weighted by Crippen LogP contribution is 2.29. The lowest BCUT2D eigenvalue weighted by Gasteiger charge is -2.08. The molecule has 1 unspecified atom stereocenters. The first-order valence-corrected chi connectivity index (χ1v) is 7.78. The van der Waals surface area contributed by atoms with E-state index in [2.05, 4.69) is 9.97 Å². The maximum Gasteiger partial charge on any atom is 0.143 e. The molecule has 0 spiro atoms. The maximum absolute atomic E-state index is 10.2. The molecule has 3 rings (SSSR count). The van der Waals surface area contributed by atoms with E-state index in [-0.39, 0.29) is 0 Å². The second-order valence-electron chi connectivity index (χ2n) is 4.61. The van der Waals surface area contributed by atoms with Gasteiger partial charge < -0.3 is 5.11 Å². The van der Waals surface area contributed by atoms with Crippen LogP contribution < -0.4 is 0 Å². The summed E-state index contributed by atoms with van der Waals surface area (Å²) >= 11 is 7.61. The van der Waals surface area contributed by atoms with Crippen molar-refractivity contribution < 1.29 is 5.11 Å². The summed E-state index contributed by atoms with van der Waals surface area (Å²) < 4.78 is 0. The highest BCUT2D eigenvalue weighted by atomic mass is 35.5. The zero-order valence-electron chi connectivity index (χ0n) is 11.1. The molecule has 1 aromatic carbocycles. The Hall–Kier alpha value is -1.75. The molecule has 3 nitrogen and oxygen atoms in total. The number of hydrogen-bond donors (Lipinski definition) is 1. The summed E-state index contributed by atoms with van der Waals surface area (Å²) in [6, 6.07) is 13.2. The molecule has 106 valence electrons. The summed E-state index contributed by atoms with van der Waals surface area (Å²) in [5, 5.41) is 13.5. The number of nitrogens with zero attached hydrogens (tertiary/aromatic N) is 2. The van der Waals surface area contributed by atoms with E-state index in [4.69, 9.17) is 11.6 Å². The quantitative estimate of drug-likeness (QED) is 0.787. The molecule has 0 aliphatic carbocycles. The zero-order valence-corrected chi connectivity index (χ0v) is 12.7. The minimum Gasteiger partial charge on any atom is -0.388 e. The van der Waals surface area contributed by atoms with Crippen molar-refractivity contribution in [2.75, 3.05) is 0 Å². The number of pyridine rings is 1. The monoisotopic (exact) mass is 316 g/mol. The first-order valence-electron chi connectivity index (χ1n) is 6.52. The minimum atomic E-state index is -0.555. The normalized spacial score (nSPS) is 12.3. The third-order valence-corrected chi connectivity index (χ3v) is 4.30. The van der Waals surface area contributed by atoms with Crippen molar-refractivity contribution in [1.82, 2.24) is 9.97 Å². The van der Waals surface area contributed by atoms with Crippen LogP contribution in [0.2, 0.25) is 5.02 Å². The van der Waals surface area contributed by atoms with Crippen molar-refractivity contribution >= 4 is 22.9 Å². The van der Waals surface area contributed by atoms with Gasteiger partial charge in [0.15, 0.2) is 0 Å². The van der Waals surface area contributed by atoms with Gasteiger partial charge in [0, 0.05) is 18.0 Å². The van der Waals surface area contributed by atoms with Crippen molar-refractivity contribution in [2.45, 2.75) is 12.5 Å². The number of rotatable bonds is 4. The molecule has 0 aliphatic rings. The van der Waals surface area contributed by atoms with Crippen molar-refractivity contribution in [3.05, 3.63) is 70.3 Å². The van der Waals surface area contributed by atoms with Crippen LogP contribution in [0.15, 0.2) is 54.0 Å². The summed E-state index contributed by atoms with van der Waals surface area (Å²) in [7, 11) is 0. The first kappa shape index (κ1) is 14.2. The van der Waals surface area contributed by atoms with E-state index < -0.39 is 6.10 Å². The Morgan fingerprint density at radius 1 is 1.14 bits per heavy atom. The highest BCUT2D eigenvalue weighted by Gasteiger charge is 2.13. The van der Waals surface area contributed by atoms with Crippen molar-refractivity contribution in [3.8, 4) is 10.7 Å². The van der Waals surface area contributed by atoms with E-state index >= 15 is 0 Å². The lowest BCUT2D eigenvalue weighted by atomic mass is 10.1. The molecular formula is C16H13ClN2OS. The Morgan fingerprint density at radius 3 is 2.71 bits per heavy atom. The SMILES string of the molecule is OC(Cc1csc(-c2ncccc2Cl)n1)c1ccccc1. The van der Waals surface area contributed by atoms with Gasteiger partial charge in [0.05, 0.1) is 16.8 Å². The van der Waals surface area contributed by atoms with Gasteiger partial charge in [-0.15, -0.1) is 11.3 Å². The number of aliphatic hydroxyl groups is 1. The standard InChI is InChI=1S/C16H13ClN2OS/c17-13-7-4-8-18-15(13)16-19-12(10-21-16)9-14(20)11-5-2-1-3-6-11/h1-8,10,14,20H,9H2. The fourth-order valence-electron chi connectivity index (χ4n) is 2.04. The lowest BCUT2D eigenvalue weighted by molar-refractivity contribution is 0.177. The van der Waals surface area contributed by atoms with Gasteiger partial charge in [0.25, 0.3) is 0 Å². The Balaban J connectivity index is 1.78. The third-order valence-electron chi connectivity index (χ3n) is 3.10. The second kappa shape index (κ2) is 6.35. The summed E-state index contributed by atoms with van der Waals surface area (Å²) in [4.78, 5) is 8.77. The van der Waals surface area contributed by atoms with E-state index in [9.17, 15) is 5.11 Å². The van der Waals surface area contributed by atoms with Crippen LogP contribution in [0.5, 0.6) is 0 Å². The highest BCUT2D eigenvalue weighted by molar-refractivity contribution is 7.13. The van der Waals surface area contributed by atoms with E-state index in [1.807, 2.05) is 35.7 Å². The topological polar surface area (TPSA) is 46.0 Å². The van der Waals surface area contributed by atoms with Crippen LogP contribution in [0.3, 0.4) is 0 Å². The number of thiazole rings is 1. The smallest absolute Gasteiger partial charge is 0.143 e. The molecule has 0 bridgehead atoms. The van der Waals surface area contributed by atoms with Gasteiger partial charge >= 0.3 is 0 Å². The van der Waals surface area contributed by atoms with E-state index in [1.165, 1.54) is 11.3 Å². The number of aromatic nitrogens is 2. The average molecular weight is 317 g/mol. The fraction of sp³-hybridized carbons (Fsp3) is 0.125. The van der Waals surface area contributed by atoms with Crippen molar-refractivity contribution in [3.63, 3.8) is 0 Å². The maximum atomic E-state index is 10.2. The molecular weight excluding hydrogens is 304 g/mol. The molecule has 1 N–H and O–H groups in total. The minimum absolute atomic E-state index is 0.477. The van der Waals surface area contributed by atoms with Crippen LogP contribution in [0.4, 0.5) is 0 Å². The van der Waals surface area contributed by atoms with Crippen LogP contribution >= 0.6 is 22.9 Å². The molecule has 5 heteroatoms. The first-order chi connectivity index (χ1) is 10.2. The van der Waals surface area contributed by atoms with Crippen LogP contribution in [0.25, 0.3) is 10.7 Å². The third kappa shape index (κ3) is 3.29. The molecule has 2 aromatic heterocycles. The van der Waals surface area contributed by atoms with Crippen LogP contribution in [0, 0.1) is 0 Å². The molecule has 0 radical (unpaired) electrons. The van der Waals surface area contributed by atoms with Crippen LogP contribution in [0.1, 0.15) is 17.4 Å². The van der Waals surface area contributed by atoms with Gasteiger partial charge in [-0.2, -0.15) is 0 Å². The molecule has 2 heterocycles. The van der Waals surface area contributed by atoms with E-state index in [0.717, 1.165) is 16.3 Å². The van der Waals surface area contributed by atoms with Crippen LogP contribution in [-0.4, -0.2) is 15.1 Å². The molecule has 3 aromatic rings. The lowest BCUT2D eigenvalue weighted by Crippen LogP contribution is -2.01. The Bertz CT molecular complexity index is 730. The largest absolute Gasteiger partial charge is 0.388 e. The summed E-state index contributed by atoms with van der Waals surface area (Å²) in [5.74, 6) is 0. The summed E-state index contributed by atoms with van der Waals surface area (Å²) in [6.07, 6.45) is 1.62. The van der Waals surface area contributed by atoms with Gasteiger partial charge in [-0.05, 0) is 17.7 Å². The van der Waals surface area contributed by atoms with Gasteiger partial charge in [-0.25, -0.2) is 4.98 Å². The second-order valence-corrected chi connectivity index (χ2v) is 5.87. The predicted octanol–water partition coefficient (Wildman–Crippen LogP) is 4.13. The number of hydrogen-bond acceptors (Lipinski definition) is 4. The molecule has 1 atom stereocenters. The fourth-order valence-corrected chi connectivity index (χ4v) is 3.15. The molecule has 0 fully saturated rings. The number of benzene rings is 1. The summed E-state index contributed by atoms with van der Waals surface area (Å²) in [6.45, 7) is 0. The number of halogens is 1. The average Bonchev–Trinajstić information content (AvgIpc) is 2.97. The zero-order chi connectivity index (χ0) is 14.7. The Kier molecular flexibility index (Phi) is 4.29. The van der Waals surface area contributed by atoms with Gasteiger partial charge in [-0.1, -0.05) is 41.9 Å². The van der Waals surface area contributed by atoms with E-state index in [1.54, 1.807) is 18.3 Å². The molecule has 0 aliphatic heterocycles. The Morgan fingerprint density at radius 2 is 1.95 bits per heavy atom. The van der Waals surface area contributed by atoms with Crippen molar-refractivity contribution in [2.24, 2.45) is 0 Å².